The molecule has 0 bridgehead atoms. The van der Waals surface area contributed by atoms with E-state index in [9.17, 15) is 13.6 Å². The Morgan fingerprint density at radius 3 is 2.58 bits per heavy atom. The molecule has 1 aromatic heterocycles. The highest BCUT2D eigenvalue weighted by atomic mass is 35.5. The van der Waals surface area contributed by atoms with E-state index in [1.807, 2.05) is 0 Å². The largest absolute Gasteiger partial charge is 0.382 e. The molecule has 1 aromatic carbocycles. The zero-order valence-corrected chi connectivity index (χ0v) is 10.1. The van der Waals surface area contributed by atoms with Crippen LogP contribution in [0.4, 0.5) is 20.3 Å². The molecule has 8 heteroatoms. The molecular formula is C11H7ClF2N4O. The van der Waals surface area contributed by atoms with Crippen LogP contribution < -0.4 is 11.1 Å². The van der Waals surface area contributed by atoms with Crippen molar-refractivity contribution in [2.45, 2.75) is 0 Å². The number of nitrogens with two attached hydrogens (primary N) is 1. The Morgan fingerprint density at radius 1 is 1.26 bits per heavy atom. The predicted molar refractivity (Wildman–Crippen MR) is 65.8 cm³/mol. The molecule has 1 amide bonds. The van der Waals surface area contributed by atoms with Gasteiger partial charge in [0.1, 0.15) is 11.6 Å². The van der Waals surface area contributed by atoms with Crippen LogP contribution in [0.1, 0.15) is 10.5 Å². The minimum absolute atomic E-state index is 0.0750. The Labute approximate surface area is 111 Å². The highest BCUT2D eigenvalue weighted by Crippen LogP contribution is 2.26. The Balaban J connectivity index is 2.26. The number of nitrogens with one attached hydrogen (secondary N) is 1. The molecule has 0 radical (unpaired) electrons. The molecule has 1 heterocycles. The summed E-state index contributed by atoms with van der Waals surface area (Å²) < 4.78 is 26.3. The molecule has 0 atom stereocenters. The van der Waals surface area contributed by atoms with E-state index in [-0.39, 0.29) is 22.2 Å². The van der Waals surface area contributed by atoms with Crippen LogP contribution in [-0.2, 0) is 0 Å². The second-order valence-electron chi connectivity index (χ2n) is 3.54. The summed E-state index contributed by atoms with van der Waals surface area (Å²) in [6.07, 6.45) is 0. The molecule has 2 aromatic rings. The number of hydrogen-bond acceptors (Lipinski definition) is 4. The van der Waals surface area contributed by atoms with Gasteiger partial charge in [0, 0.05) is 6.07 Å². The van der Waals surface area contributed by atoms with Crippen molar-refractivity contribution in [3.05, 3.63) is 46.6 Å². The first-order valence-electron chi connectivity index (χ1n) is 5.02. The summed E-state index contributed by atoms with van der Waals surface area (Å²) in [7, 11) is 0. The maximum Gasteiger partial charge on any atom is 0.276 e. The van der Waals surface area contributed by atoms with Crippen molar-refractivity contribution in [2.75, 3.05) is 11.1 Å². The van der Waals surface area contributed by atoms with Gasteiger partial charge in [0.05, 0.1) is 10.7 Å². The maximum absolute atomic E-state index is 13.5. The molecule has 0 unspecified atom stereocenters. The van der Waals surface area contributed by atoms with Gasteiger partial charge >= 0.3 is 0 Å². The number of nitrogens with zero attached hydrogens (tertiary/aromatic N) is 2. The van der Waals surface area contributed by atoms with E-state index in [1.165, 1.54) is 12.1 Å². The Hall–Kier alpha value is -2.28. The smallest absolute Gasteiger partial charge is 0.276 e. The van der Waals surface area contributed by atoms with Gasteiger partial charge in [0.25, 0.3) is 5.91 Å². The predicted octanol–water partition coefficient (Wildman–Crippen LogP) is 2.24. The molecule has 0 saturated heterocycles. The van der Waals surface area contributed by atoms with Gasteiger partial charge in [0.15, 0.2) is 11.5 Å². The molecule has 2 rings (SSSR count). The van der Waals surface area contributed by atoms with E-state index < -0.39 is 17.5 Å². The summed E-state index contributed by atoms with van der Waals surface area (Å²) in [5.41, 5.74) is 4.91. The maximum atomic E-state index is 13.5. The molecule has 3 N–H and O–H groups in total. The van der Waals surface area contributed by atoms with Crippen molar-refractivity contribution in [1.82, 2.24) is 10.2 Å². The molecule has 0 aliphatic rings. The molecule has 0 spiro atoms. The zero-order chi connectivity index (χ0) is 14.0. The van der Waals surface area contributed by atoms with Crippen LogP contribution in [0.3, 0.4) is 0 Å². The van der Waals surface area contributed by atoms with E-state index in [1.54, 1.807) is 0 Å². The zero-order valence-electron chi connectivity index (χ0n) is 9.32. The lowest BCUT2D eigenvalue weighted by molar-refractivity contribution is 0.102. The number of halogens is 3. The third kappa shape index (κ3) is 2.94. The monoisotopic (exact) mass is 284 g/mol. The summed E-state index contributed by atoms with van der Waals surface area (Å²) in [6.45, 7) is 0. The lowest BCUT2D eigenvalue weighted by atomic mass is 10.2. The number of rotatable bonds is 2. The number of anilines is 2. The van der Waals surface area contributed by atoms with Crippen LogP contribution in [0.25, 0.3) is 0 Å². The summed E-state index contributed by atoms with van der Waals surface area (Å²) in [4.78, 5) is 11.7. The number of hydrogen-bond donors (Lipinski definition) is 2. The van der Waals surface area contributed by atoms with Crippen molar-refractivity contribution in [1.29, 1.82) is 0 Å². The molecule has 0 aliphatic heterocycles. The SMILES string of the molecule is Nc1ccc(C(=O)Nc2c(F)cc(F)cc2Cl)nn1. The van der Waals surface area contributed by atoms with E-state index in [2.05, 4.69) is 15.5 Å². The average molecular weight is 285 g/mol. The molecule has 0 aliphatic carbocycles. The number of carbonyl (C=O) groups is 1. The normalized spacial score (nSPS) is 10.3. The van der Waals surface area contributed by atoms with Crippen molar-refractivity contribution in [3.8, 4) is 0 Å². The first-order chi connectivity index (χ1) is 8.97. The number of benzene rings is 1. The molecule has 5 nitrogen and oxygen atoms in total. The first-order valence-corrected chi connectivity index (χ1v) is 5.40. The van der Waals surface area contributed by atoms with Crippen LogP contribution in [0.5, 0.6) is 0 Å². The van der Waals surface area contributed by atoms with Crippen LogP contribution in [0.2, 0.25) is 5.02 Å². The molecule has 0 saturated carbocycles. The van der Waals surface area contributed by atoms with Crippen molar-refractivity contribution < 1.29 is 13.6 Å². The fraction of sp³-hybridized carbons (Fsp3) is 0. The van der Waals surface area contributed by atoms with Gasteiger partial charge in [-0.05, 0) is 18.2 Å². The van der Waals surface area contributed by atoms with Crippen LogP contribution in [-0.4, -0.2) is 16.1 Å². The second kappa shape index (κ2) is 5.15. The lowest BCUT2D eigenvalue weighted by Gasteiger charge is -2.07. The van der Waals surface area contributed by atoms with Crippen LogP contribution in [0, 0.1) is 11.6 Å². The van der Waals surface area contributed by atoms with Gasteiger partial charge in [-0.1, -0.05) is 11.6 Å². The second-order valence-corrected chi connectivity index (χ2v) is 3.95. The Morgan fingerprint density at radius 2 is 2.00 bits per heavy atom. The fourth-order valence-electron chi connectivity index (χ4n) is 1.30. The summed E-state index contributed by atoms with van der Waals surface area (Å²) in [5, 5.41) is 8.94. The number of carbonyl (C=O) groups excluding carboxylic acids is 1. The molecule has 0 fully saturated rings. The topological polar surface area (TPSA) is 80.9 Å². The van der Waals surface area contributed by atoms with Gasteiger partial charge in [-0.2, -0.15) is 0 Å². The first kappa shape index (κ1) is 13.2. The van der Waals surface area contributed by atoms with E-state index >= 15 is 0 Å². The van der Waals surface area contributed by atoms with Crippen molar-refractivity contribution >= 4 is 29.0 Å². The van der Waals surface area contributed by atoms with Crippen molar-refractivity contribution in [2.24, 2.45) is 0 Å². The number of nitrogen functional groups attached to an aromatic ring is 1. The Kier molecular flexibility index (Phi) is 3.57. The van der Waals surface area contributed by atoms with Gasteiger partial charge < -0.3 is 11.1 Å². The minimum atomic E-state index is -0.984. The highest BCUT2D eigenvalue weighted by molar-refractivity contribution is 6.33. The highest BCUT2D eigenvalue weighted by Gasteiger charge is 2.15. The number of amides is 1. The van der Waals surface area contributed by atoms with Gasteiger partial charge in [-0.3, -0.25) is 4.79 Å². The van der Waals surface area contributed by atoms with Gasteiger partial charge in [-0.15, -0.1) is 10.2 Å². The summed E-state index contributed by atoms with van der Waals surface area (Å²) >= 11 is 5.64. The standard InChI is InChI=1S/C11H7ClF2N4O/c12-6-3-5(13)4-7(14)10(6)16-11(19)8-1-2-9(15)18-17-8/h1-4H,(H2,15,18)(H,16,19). The minimum Gasteiger partial charge on any atom is -0.382 e. The van der Waals surface area contributed by atoms with Crippen LogP contribution in [0.15, 0.2) is 24.3 Å². The Bertz CT molecular complexity index is 610. The van der Waals surface area contributed by atoms with E-state index in [0.29, 0.717) is 6.07 Å². The molecule has 19 heavy (non-hydrogen) atoms. The summed E-state index contributed by atoms with van der Waals surface area (Å²) in [5.74, 6) is -2.42. The van der Waals surface area contributed by atoms with E-state index in [0.717, 1.165) is 6.07 Å². The van der Waals surface area contributed by atoms with Crippen LogP contribution >= 0.6 is 11.6 Å². The fourth-order valence-corrected chi connectivity index (χ4v) is 1.54. The summed E-state index contributed by atoms with van der Waals surface area (Å²) in [6, 6.07) is 4.17. The lowest BCUT2D eigenvalue weighted by Crippen LogP contribution is -2.16. The quantitative estimate of drug-likeness (QED) is 0.886. The van der Waals surface area contributed by atoms with E-state index in [4.69, 9.17) is 17.3 Å². The molecule has 98 valence electrons. The molecular weight excluding hydrogens is 278 g/mol. The van der Waals surface area contributed by atoms with Gasteiger partial charge in [0.2, 0.25) is 0 Å². The number of aromatic nitrogens is 2. The third-order valence-corrected chi connectivity index (χ3v) is 2.46. The van der Waals surface area contributed by atoms with Crippen molar-refractivity contribution in [3.63, 3.8) is 0 Å². The third-order valence-electron chi connectivity index (χ3n) is 2.16. The van der Waals surface area contributed by atoms with Gasteiger partial charge in [-0.25, -0.2) is 8.78 Å². The average Bonchev–Trinajstić information content (AvgIpc) is 2.34.